The summed E-state index contributed by atoms with van der Waals surface area (Å²) in [5.41, 5.74) is 1.41. The number of rotatable bonds is 6. The van der Waals surface area contributed by atoms with E-state index in [1.165, 1.54) is 11.3 Å². The molecule has 4 rings (SSSR count). The molecule has 0 atom stereocenters. The van der Waals surface area contributed by atoms with Gasteiger partial charge < -0.3 is 23.5 Å². The highest BCUT2D eigenvalue weighted by atomic mass is 32.2. The molecule has 0 unspecified atom stereocenters. The van der Waals surface area contributed by atoms with Gasteiger partial charge >= 0.3 is 0 Å². The molecule has 7 nitrogen and oxygen atoms in total. The van der Waals surface area contributed by atoms with Crippen molar-refractivity contribution in [2.24, 2.45) is 4.99 Å². The summed E-state index contributed by atoms with van der Waals surface area (Å²) in [5.74, 6) is 3.05. The molecule has 0 radical (unpaired) electrons. The number of aromatic nitrogens is 1. The van der Waals surface area contributed by atoms with Crippen molar-refractivity contribution in [2.75, 3.05) is 33.0 Å². The summed E-state index contributed by atoms with van der Waals surface area (Å²) in [6.07, 6.45) is 2.05. The fourth-order valence-electron chi connectivity index (χ4n) is 3.06. The molecule has 0 bridgehead atoms. The van der Waals surface area contributed by atoms with Gasteiger partial charge in [-0.15, -0.1) is 0 Å². The number of hydrogen-bond acceptors (Lipinski definition) is 7. The minimum absolute atomic E-state index is 0.165. The molecular weight excluding hydrogens is 412 g/mol. The molecular formula is C20H20N2O5S2. The van der Waals surface area contributed by atoms with E-state index in [-0.39, 0.29) is 12.7 Å². The Kier molecular flexibility index (Phi) is 5.68. The largest absolute Gasteiger partial charge is 0.493 e. The van der Waals surface area contributed by atoms with Gasteiger partial charge in [-0.2, -0.15) is 16.8 Å². The summed E-state index contributed by atoms with van der Waals surface area (Å²) in [4.78, 5) is 17.9. The predicted octanol–water partition coefficient (Wildman–Crippen LogP) is 3.55. The maximum atomic E-state index is 12.8. The Labute approximate surface area is 175 Å². The molecule has 2 heterocycles. The first-order chi connectivity index (χ1) is 14.1. The van der Waals surface area contributed by atoms with E-state index in [2.05, 4.69) is 4.99 Å². The van der Waals surface area contributed by atoms with Crippen molar-refractivity contribution in [1.29, 1.82) is 0 Å². The third kappa shape index (κ3) is 3.79. The van der Waals surface area contributed by atoms with E-state index in [4.69, 9.17) is 18.9 Å². The number of carbonyl (C=O) groups is 1. The third-order valence-corrected chi connectivity index (χ3v) is 6.16. The minimum atomic E-state index is -0.327. The molecule has 0 spiro atoms. The number of hydrogen-bond donors (Lipinski definition) is 0. The molecule has 0 saturated carbocycles. The van der Waals surface area contributed by atoms with E-state index in [0.717, 1.165) is 22.5 Å². The van der Waals surface area contributed by atoms with Crippen molar-refractivity contribution in [3.8, 4) is 23.0 Å². The van der Waals surface area contributed by atoms with Crippen LogP contribution in [-0.2, 0) is 6.54 Å². The van der Waals surface area contributed by atoms with E-state index in [0.29, 0.717) is 33.4 Å². The van der Waals surface area contributed by atoms with Crippen molar-refractivity contribution in [1.82, 2.24) is 4.57 Å². The zero-order chi connectivity index (χ0) is 20.4. The van der Waals surface area contributed by atoms with Crippen molar-refractivity contribution < 1.29 is 23.7 Å². The number of amides is 1. The van der Waals surface area contributed by atoms with Crippen LogP contribution in [0.3, 0.4) is 0 Å². The Morgan fingerprint density at radius 3 is 2.69 bits per heavy atom. The molecule has 9 heteroatoms. The highest BCUT2D eigenvalue weighted by molar-refractivity contribution is 7.98. The molecule has 0 N–H and O–H groups in total. The lowest BCUT2D eigenvalue weighted by molar-refractivity contribution is 0.0997. The van der Waals surface area contributed by atoms with Gasteiger partial charge in [-0.25, -0.2) is 0 Å². The normalized spacial score (nSPS) is 13.1. The monoisotopic (exact) mass is 432 g/mol. The van der Waals surface area contributed by atoms with Crippen LogP contribution in [0.25, 0.3) is 10.2 Å². The summed E-state index contributed by atoms with van der Waals surface area (Å²) in [6.45, 7) is 0.892. The number of nitrogens with zero attached hydrogens (tertiary/aromatic N) is 2. The Morgan fingerprint density at radius 2 is 1.93 bits per heavy atom. The first-order valence-electron chi connectivity index (χ1n) is 8.87. The van der Waals surface area contributed by atoms with Gasteiger partial charge in [0.1, 0.15) is 0 Å². The maximum Gasteiger partial charge on any atom is 0.279 e. The Hall–Kier alpha value is -2.65. The topological polar surface area (TPSA) is 71.3 Å². The van der Waals surface area contributed by atoms with Gasteiger partial charge in [0.25, 0.3) is 5.91 Å². The average Bonchev–Trinajstić information content (AvgIpc) is 3.34. The number of aryl methyl sites for hydroxylation is 1. The molecule has 29 heavy (non-hydrogen) atoms. The fourth-order valence-corrected chi connectivity index (χ4v) is 4.49. The van der Waals surface area contributed by atoms with Crippen molar-refractivity contribution in [3.63, 3.8) is 0 Å². The lowest BCUT2D eigenvalue weighted by Gasteiger charge is -2.09. The smallest absolute Gasteiger partial charge is 0.279 e. The van der Waals surface area contributed by atoms with Gasteiger partial charge in [0.2, 0.25) is 6.79 Å². The zero-order valence-electron chi connectivity index (χ0n) is 16.3. The average molecular weight is 433 g/mol. The summed E-state index contributed by atoms with van der Waals surface area (Å²) in [7, 11) is 3.21. The molecule has 152 valence electrons. The number of thiazole rings is 1. The molecule has 3 aromatic rings. The quantitative estimate of drug-likeness (QED) is 0.593. The van der Waals surface area contributed by atoms with Gasteiger partial charge in [0.05, 0.1) is 24.4 Å². The second kappa shape index (κ2) is 8.38. The molecule has 0 fully saturated rings. The first kappa shape index (κ1) is 19.7. The Balaban J connectivity index is 1.81. The van der Waals surface area contributed by atoms with E-state index in [1.807, 2.05) is 23.0 Å². The van der Waals surface area contributed by atoms with Crippen molar-refractivity contribution in [3.05, 3.63) is 40.7 Å². The van der Waals surface area contributed by atoms with E-state index in [9.17, 15) is 4.79 Å². The molecule has 1 amide bonds. The number of methoxy groups -OCH3 is 2. The van der Waals surface area contributed by atoms with Gasteiger partial charge in [-0.1, -0.05) is 11.3 Å². The molecule has 0 saturated heterocycles. The Bertz CT molecular complexity index is 1140. The van der Waals surface area contributed by atoms with Crippen LogP contribution in [0, 0.1) is 0 Å². The second-order valence-corrected chi connectivity index (χ2v) is 8.18. The molecule has 1 aromatic heterocycles. The molecule has 2 aromatic carbocycles. The third-order valence-electron chi connectivity index (χ3n) is 4.52. The standard InChI is InChI=1S/C20H20N2O5S2/c1-24-15-9-13-18(10-16(15)25-2)29-20(22(13)6-7-28-3)21-19(23)12-4-5-14-17(8-12)27-11-26-14/h4-5,8-10H,6-7,11H2,1-3H3. The van der Waals surface area contributed by atoms with Gasteiger partial charge in [0.15, 0.2) is 27.8 Å². The van der Waals surface area contributed by atoms with Crippen LogP contribution in [0.4, 0.5) is 0 Å². The lowest BCUT2D eigenvalue weighted by atomic mass is 10.2. The van der Waals surface area contributed by atoms with Crippen LogP contribution >= 0.6 is 23.1 Å². The summed E-state index contributed by atoms with van der Waals surface area (Å²) in [6, 6.07) is 8.94. The van der Waals surface area contributed by atoms with Crippen molar-refractivity contribution in [2.45, 2.75) is 6.54 Å². The SMILES string of the molecule is COc1cc2sc(=NC(=O)c3ccc4c(c3)OCO4)n(CCSC)c2cc1OC. The van der Waals surface area contributed by atoms with Crippen LogP contribution < -0.4 is 23.7 Å². The summed E-state index contributed by atoms with van der Waals surface area (Å²) < 4.78 is 24.5. The highest BCUT2D eigenvalue weighted by Crippen LogP contribution is 2.34. The molecule has 0 aliphatic carbocycles. The maximum absolute atomic E-state index is 12.8. The molecule has 1 aliphatic rings. The number of benzene rings is 2. The highest BCUT2D eigenvalue weighted by Gasteiger charge is 2.17. The first-order valence-corrected chi connectivity index (χ1v) is 11.1. The van der Waals surface area contributed by atoms with Crippen LogP contribution in [0.15, 0.2) is 35.3 Å². The van der Waals surface area contributed by atoms with Crippen LogP contribution in [0.2, 0.25) is 0 Å². The Morgan fingerprint density at radius 1 is 1.17 bits per heavy atom. The van der Waals surface area contributed by atoms with Gasteiger partial charge in [0, 0.05) is 30.0 Å². The van der Waals surface area contributed by atoms with Crippen LogP contribution in [0.5, 0.6) is 23.0 Å². The zero-order valence-corrected chi connectivity index (χ0v) is 17.9. The fraction of sp³-hybridized carbons (Fsp3) is 0.300. The van der Waals surface area contributed by atoms with Crippen molar-refractivity contribution >= 4 is 39.2 Å². The van der Waals surface area contributed by atoms with Gasteiger partial charge in [-0.05, 0) is 24.5 Å². The number of ether oxygens (including phenoxy) is 4. The second-order valence-electron chi connectivity index (χ2n) is 6.19. The molecule has 1 aliphatic heterocycles. The lowest BCUT2D eigenvalue weighted by Crippen LogP contribution is -2.18. The van der Waals surface area contributed by atoms with Crippen LogP contribution in [0.1, 0.15) is 10.4 Å². The van der Waals surface area contributed by atoms with Gasteiger partial charge in [-0.3, -0.25) is 4.79 Å². The predicted molar refractivity (Wildman–Crippen MR) is 114 cm³/mol. The minimum Gasteiger partial charge on any atom is -0.493 e. The van der Waals surface area contributed by atoms with E-state index in [1.54, 1.807) is 44.2 Å². The summed E-state index contributed by atoms with van der Waals surface area (Å²) in [5, 5.41) is 0. The summed E-state index contributed by atoms with van der Waals surface area (Å²) >= 11 is 3.18. The number of fused-ring (bicyclic) bond motifs is 2. The number of thioether (sulfide) groups is 1. The van der Waals surface area contributed by atoms with E-state index < -0.39 is 0 Å². The van der Waals surface area contributed by atoms with E-state index >= 15 is 0 Å². The number of carbonyl (C=O) groups excluding carboxylic acids is 1. The van der Waals surface area contributed by atoms with Crippen LogP contribution in [-0.4, -0.2) is 43.5 Å².